The molecule has 0 fully saturated rings. The molecule has 0 aliphatic heterocycles. The number of amides is 1. The molecule has 0 saturated heterocycles. The van der Waals surface area contributed by atoms with Crippen molar-refractivity contribution in [1.29, 1.82) is 0 Å². The predicted octanol–water partition coefficient (Wildman–Crippen LogP) is 2.95. The summed E-state index contributed by atoms with van der Waals surface area (Å²) in [5.74, 6) is 0.253. The van der Waals surface area contributed by atoms with E-state index in [2.05, 4.69) is 20.6 Å². The maximum atomic E-state index is 12.3. The number of para-hydroxylation sites is 1. The Morgan fingerprint density at radius 1 is 0.966 bits per heavy atom. The molecule has 0 unspecified atom stereocenters. The minimum atomic E-state index is -0.470. The van der Waals surface area contributed by atoms with Gasteiger partial charge in [0.15, 0.2) is 0 Å². The van der Waals surface area contributed by atoms with E-state index in [-0.39, 0.29) is 11.9 Å². The van der Waals surface area contributed by atoms with Gasteiger partial charge in [-0.25, -0.2) is 14.8 Å². The molecule has 3 aromatic rings. The van der Waals surface area contributed by atoms with E-state index in [0.717, 1.165) is 11.3 Å². The molecule has 0 atom stereocenters. The summed E-state index contributed by atoms with van der Waals surface area (Å²) in [6, 6.07) is 14.3. The van der Waals surface area contributed by atoms with Gasteiger partial charge in [-0.3, -0.25) is 4.79 Å². The Kier molecular flexibility index (Phi) is 6.36. The number of rotatable bonds is 7. The largest absolute Gasteiger partial charge is 0.497 e. The summed E-state index contributed by atoms with van der Waals surface area (Å²) in [5.41, 5.74) is 2.14. The van der Waals surface area contributed by atoms with E-state index < -0.39 is 5.97 Å². The van der Waals surface area contributed by atoms with Gasteiger partial charge in [-0.1, -0.05) is 24.3 Å². The predicted molar refractivity (Wildman–Crippen MR) is 107 cm³/mol. The van der Waals surface area contributed by atoms with Crippen LogP contribution in [0.25, 0.3) is 0 Å². The lowest BCUT2D eigenvalue weighted by Gasteiger charge is -2.10. The summed E-state index contributed by atoms with van der Waals surface area (Å²) >= 11 is 0. The van der Waals surface area contributed by atoms with Gasteiger partial charge < -0.3 is 20.1 Å². The monoisotopic (exact) mass is 392 g/mol. The van der Waals surface area contributed by atoms with Crippen molar-refractivity contribution in [3.63, 3.8) is 0 Å². The Morgan fingerprint density at radius 2 is 1.66 bits per heavy atom. The Morgan fingerprint density at radius 3 is 2.31 bits per heavy atom. The van der Waals surface area contributed by atoms with Crippen LogP contribution in [0.3, 0.4) is 0 Å². The van der Waals surface area contributed by atoms with Crippen LogP contribution < -0.4 is 15.4 Å². The quantitative estimate of drug-likeness (QED) is 0.596. The number of hydrogen-bond donors (Lipinski definition) is 2. The molecule has 2 aromatic carbocycles. The first kappa shape index (κ1) is 19.8. The lowest BCUT2D eigenvalue weighted by molar-refractivity contribution is 0.0601. The van der Waals surface area contributed by atoms with E-state index in [0.29, 0.717) is 23.4 Å². The Hall–Kier alpha value is -3.94. The molecule has 0 aliphatic rings. The lowest BCUT2D eigenvalue weighted by Crippen LogP contribution is -2.23. The first-order valence-corrected chi connectivity index (χ1v) is 8.78. The average Bonchev–Trinajstić information content (AvgIpc) is 2.78. The standard InChI is InChI=1S/C21H20N4O4/c1-28-16-9-7-14(8-10-16)11-22-19(26)15-12-23-21(24-13-15)25-18-6-4-3-5-17(18)20(27)29-2/h3-10,12-13H,11H2,1-2H3,(H,22,26)(H,23,24,25). The van der Waals surface area contributed by atoms with E-state index in [1.54, 1.807) is 31.4 Å². The van der Waals surface area contributed by atoms with Gasteiger partial charge in [0.05, 0.1) is 31.0 Å². The molecule has 0 saturated carbocycles. The van der Waals surface area contributed by atoms with Crippen molar-refractivity contribution in [2.45, 2.75) is 6.54 Å². The van der Waals surface area contributed by atoms with Crippen LogP contribution in [0.5, 0.6) is 5.75 Å². The van der Waals surface area contributed by atoms with Gasteiger partial charge in [-0.15, -0.1) is 0 Å². The van der Waals surface area contributed by atoms with Crippen LogP contribution in [0.2, 0.25) is 0 Å². The normalized spacial score (nSPS) is 10.1. The maximum Gasteiger partial charge on any atom is 0.339 e. The Bertz CT molecular complexity index is 988. The molecule has 29 heavy (non-hydrogen) atoms. The third-order valence-corrected chi connectivity index (χ3v) is 4.10. The number of carbonyl (C=O) groups is 2. The number of esters is 1. The number of aromatic nitrogens is 2. The van der Waals surface area contributed by atoms with Crippen LogP contribution >= 0.6 is 0 Å². The molecular formula is C21H20N4O4. The highest BCUT2D eigenvalue weighted by atomic mass is 16.5. The van der Waals surface area contributed by atoms with Gasteiger partial charge >= 0.3 is 5.97 Å². The van der Waals surface area contributed by atoms with Crippen LogP contribution in [0.4, 0.5) is 11.6 Å². The lowest BCUT2D eigenvalue weighted by atomic mass is 10.2. The fourth-order valence-corrected chi connectivity index (χ4v) is 2.54. The van der Waals surface area contributed by atoms with E-state index >= 15 is 0 Å². The molecule has 0 bridgehead atoms. The topological polar surface area (TPSA) is 102 Å². The van der Waals surface area contributed by atoms with Crippen molar-refractivity contribution in [3.8, 4) is 5.75 Å². The van der Waals surface area contributed by atoms with Gasteiger partial charge in [-0.05, 0) is 29.8 Å². The highest BCUT2D eigenvalue weighted by Crippen LogP contribution is 2.19. The van der Waals surface area contributed by atoms with Crippen molar-refractivity contribution < 1.29 is 19.1 Å². The first-order chi connectivity index (χ1) is 14.1. The molecule has 0 aliphatic carbocycles. The van der Waals surface area contributed by atoms with Crippen LogP contribution in [0, 0.1) is 0 Å². The number of methoxy groups -OCH3 is 2. The third kappa shape index (κ3) is 5.07. The second-order valence-corrected chi connectivity index (χ2v) is 5.99. The fraction of sp³-hybridized carbons (Fsp3) is 0.143. The van der Waals surface area contributed by atoms with Crippen LogP contribution in [0.15, 0.2) is 60.9 Å². The number of ether oxygens (including phenoxy) is 2. The highest BCUT2D eigenvalue weighted by molar-refractivity contribution is 5.96. The van der Waals surface area contributed by atoms with E-state index in [1.807, 2.05) is 24.3 Å². The molecule has 3 rings (SSSR count). The number of carbonyl (C=O) groups excluding carboxylic acids is 2. The van der Waals surface area contributed by atoms with Crippen molar-refractivity contribution in [1.82, 2.24) is 15.3 Å². The van der Waals surface area contributed by atoms with Crippen LogP contribution in [0.1, 0.15) is 26.3 Å². The fourth-order valence-electron chi connectivity index (χ4n) is 2.54. The van der Waals surface area contributed by atoms with Crippen molar-refractivity contribution >= 4 is 23.5 Å². The second-order valence-electron chi connectivity index (χ2n) is 5.99. The second kappa shape index (κ2) is 9.32. The number of benzene rings is 2. The van der Waals surface area contributed by atoms with Gasteiger partial charge in [0.25, 0.3) is 5.91 Å². The van der Waals surface area contributed by atoms with Crippen LogP contribution in [-0.4, -0.2) is 36.1 Å². The molecule has 1 amide bonds. The number of anilines is 2. The summed E-state index contributed by atoms with van der Waals surface area (Å²) in [6.07, 6.45) is 2.83. The minimum absolute atomic E-state index is 0.257. The zero-order valence-corrected chi connectivity index (χ0v) is 16.0. The molecule has 8 heteroatoms. The third-order valence-electron chi connectivity index (χ3n) is 4.10. The smallest absolute Gasteiger partial charge is 0.339 e. The SMILES string of the molecule is COC(=O)c1ccccc1Nc1ncc(C(=O)NCc2ccc(OC)cc2)cn1. The van der Waals surface area contributed by atoms with Crippen molar-refractivity contribution in [3.05, 3.63) is 77.6 Å². The number of nitrogens with one attached hydrogen (secondary N) is 2. The minimum Gasteiger partial charge on any atom is -0.497 e. The van der Waals surface area contributed by atoms with Gasteiger partial charge in [-0.2, -0.15) is 0 Å². The summed E-state index contributed by atoms with van der Waals surface area (Å²) in [6.45, 7) is 0.370. The number of nitrogens with zero attached hydrogens (tertiary/aromatic N) is 2. The highest BCUT2D eigenvalue weighted by Gasteiger charge is 2.12. The summed E-state index contributed by atoms with van der Waals surface area (Å²) in [7, 11) is 2.91. The van der Waals surface area contributed by atoms with Crippen molar-refractivity contribution in [2.24, 2.45) is 0 Å². The average molecular weight is 392 g/mol. The molecule has 0 radical (unpaired) electrons. The summed E-state index contributed by atoms with van der Waals surface area (Å²) < 4.78 is 9.87. The van der Waals surface area contributed by atoms with Gasteiger partial charge in [0.1, 0.15) is 5.75 Å². The zero-order valence-electron chi connectivity index (χ0n) is 16.0. The molecule has 2 N–H and O–H groups in total. The van der Waals surface area contributed by atoms with Crippen LogP contribution in [-0.2, 0) is 11.3 Å². The molecular weight excluding hydrogens is 372 g/mol. The van der Waals surface area contributed by atoms with Gasteiger partial charge in [0, 0.05) is 18.9 Å². The Balaban J connectivity index is 1.62. The molecule has 148 valence electrons. The van der Waals surface area contributed by atoms with E-state index in [9.17, 15) is 9.59 Å². The summed E-state index contributed by atoms with van der Waals surface area (Å²) in [4.78, 5) is 32.4. The molecule has 1 heterocycles. The maximum absolute atomic E-state index is 12.3. The van der Waals surface area contributed by atoms with E-state index in [1.165, 1.54) is 19.5 Å². The van der Waals surface area contributed by atoms with Gasteiger partial charge in [0.2, 0.25) is 5.95 Å². The molecule has 1 aromatic heterocycles. The molecule has 0 spiro atoms. The zero-order chi connectivity index (χ0) is 20.6. The van der Waals surface area contributed by atoms with E-state index in [4.69, 9.17) is 9.47 Å². The first-order valence-electron chi connectivity index (χ1n) is 8.78. The summed E-state index contributed by atoms with van der Waals surface area (Å²) in [5, 5.41) is 5.77. The number of hydrogen-bond acceptors (Lipinski definition) is 7. The van der Waals surface area contributed by atoms with Crippen molar-refractivity contribution in [2.75, 3.05) is 19.5 Å². The Labute approximate surface area is 167 Å². The molecule has 8 nitrogen and oxygen atoms in total.